The van der Waals surface area contributed by atoms with Gasteiger partial charge < -0.3 is 10.4 Å². The van der Waals surface area contributed by atoms with Gasteiger partial charge in [-0.3, -0.25) is 9.59 Å². The number of nitrogens with one attached hydrogen (secondary N) is 2. The quantitative estimate of drug-likeness (QED) is 0.427. The first-order valence-corrected chi connectivity index (χ1v) is 8.43. The SMILES string of the molecule is CC(C)c1ccc(CNC(=O)C(=O)N/N=C\c2cc(Cl)ccc2O)cc1. The molecule has 7 heteroatoms. The smallest absolute Gasteiger partial charge is 0.329 e. The molecule has 2 rings (SSSR count). The van der Waals surface area contributed by atoms with Gasteiger partial charge in [0, 0.05) is 17.1 Å². The molecule has 0 unspecified atom stereocenters. The number of hydrogen-bond donors (Lipinski definition) is 3. The van der Waals surface area contributed by atoms with Crippen LogP contribution < -0.4 is 10.7 Å². The van der Waals surface area contributed by atoms with Gasteiger partial charge in [0.05, 0.1) is 6.21 Å². The lowest BCUT2D eigenvalue weighted by molar-refractivity contribution is -0.139. The van der Waals surface area contributed by atoms with Gasteiger partial charge in [-0.25, -0.2) is 5.43 Å². The third-order valence-electron chi connectivity index (χ3n) is 3.66. The van der Waals surface area contributed by atoms with E-state index in [9.17, 15) is 14.7 Å². The van der Waals surface area contributed by atoms with E-state index in [1.807, 2.05) is 24.3 Å². The van der Waals surface area contributed by atoms with Gasteiger partial charge >= 0.3 is 11.8 Å². The molecule has 26 heavy (non-hydrogen) atoms. The maximum absolute atomic E-state index is 11.8. The molecule has 6 nitrogen and oxygen atoms in total. The van der Waals surface area contributed by atoms with E-state index in [1.165, 1.54) is 30.0 Å². The standard InChI is InChI=1S/C19H20ClN3O3/c1-12(2)14-5-3-13(4-6-14)10-21-18(25)19(26)23-22-11-15-9-16(20)7-8-17(15)24/h3-9,11-12,24H,10H2,1-2H3,(H,21,25)(H,23,26)/b22-11-. The van der Waals surface area contributed by atoms with Crippen molar-refractivity contribution in [1.82, 2.24) is 10.7 Å². The molecule has 0 spiro atoms. The fourth-order valence-corrected chi connectivity index (χ4v) is 2.30. The topological polar surface area (TPSA) is 90.8 Å². The number of phenolic OH excluding ortho intramolecular Hbond substituents is 1. The van der Waals surface area contributed by atoms with Crippen molar-refractivity contribution < 1.29 is 14.7 Å². The minimum atomic E-state index is -0.901. The fourth-order valence-electron chi connectivity index (χ4n) is 2.12. The van der Waals surface area contributed by atoms with Crippen LogP contribution in [0.1, 0.15) is 36.5 Å². The minimum absolute atomic E-state index is 0.0401. The van der Waals surface area contributed by atoms with Gasteiger partial charge in [0.15, 0.2) is 0 Å². The van der Waals surface area contributed by atoms with Crippen LogP contribution in [0.25, 0.3) is 0 Å². The van der Waals surface area contributed by atoms with Crippen LogP contribution in [-0.4, -0.2) is 23.1 Å². The highest BCUT2D eigenvalue weighted by molar-refractivity contribution is 6.35. The molecule has 2 aromatic rings. The molecule has 0 saturated carbocycles. The number of nitrogens with zero attached hydrogens (tertiary/aromatic N) is 1. The second kappa shape index (κ2) is 9.01. The molecule has 0 bridgehead atoms. The van der Waals surface area contributed by atoms with Crippen molar-refractivity contribution in [2.45, 2.75) is 26.3 Å². The molecule has 0 aliphatic rings. The van der Waals surface area contributed by atoms with E-state index in [-0.39, 0.29) is 12.3 Å². The lowest BCUT2D eigenvalue weighted by Crippen LogP contribution is -2.37. The summed E-state index contributed by atoms with van der Waals surface area (Å²) in [5, 5.41) is 16.2. The average molecular weight is 374 g/mol. The summed E-state index contributed by atoms with van der Waals surface area (Å²) in [7, 11) is 0. The number of hydrogen-bond acceptors (Lipinski definition) is 4. The first-order valence-electron chi connectivity index (χ1n) is 8.05. The number of hydrazone groups is 1. The number of phenols is 1. The summed E-state index contributed by atoms with van der Waals surface area (Å²) >= 11 is 5.81. The molecule has 0 heterocycles. The third-order valence-corrected chi connectivity index (χ3v) is 3.90. The second-order valence-corrected chi connectivity index (χ2v) is 6.42. The number of aromatic hydroxyl groups is 1. The molecule has 0 aromatic heterocycles. The van der Waals surface area contributed by atoms with Gasteiger partial charge in [-0.05, 0) is 35.2 Å². The molecule has 0 saturated heterocycles. The molecule has 3 N–H and O–H groups in total. The number of carbonyl (C=O) groups is 2. The lowest BCUT2D eigenvalue weighted by atomic mass is 10.0. The molecular formula is C19H20ClN3O3. The largest absolute Gasteiger partial charge is 0.507 e. The Hall–Kier alpha value is -2.86. The third kappa shape index (κ3) is 5.60. The Bertz CT molecular complexity index is 817. The van der Waals surface area contributed by atoms with Crippen LogP contribution in [0.5, 0.6) is 5.75 Å². The summed E-state index contributed by atoms with van der Waals surface area (Å²) in [6, 6.07) is 12.2. The van der Waals surface area contributed by atoms with E-state index in [1.54, 1.807) is 0 Å². The van der Waals surface area contributed by atoms with E-state index in [0.717, 1.165) is 5.56 Å². The summed E-state index contributed by atoms with van der Waals surface area (Å²) in [5.74, 6) is -1.31. The first-order chi connectivity index (χ1) is 12.4. The number of amides is 2. The zero-order valence-electron chi connectivity index (χ0n) is 14.5. The average Bonchev–Trinajstić information content (AvgIpc) is 2.62. The highest BCUT2D eigenvalue weighted by Gasteiger charge is 2.12. The molecule has 0 atom stereocenters. The maximum Gasteiger partial charge on any atom is 0.329 e. The zero-order valence-corrected chi connectivity index (χ0v) is 15.2. The summed E-state index contributed by atoms with van der Waals surface area (Å²) in [6.07, 6.45) is 1.21. The number of carbonyl (C=O) groups excluding carboxylic acids is 2. The van der Waals surface area contributed by atoms with Crippen LogP contribution in [0, 0.1) is 0 Å². The fraction of sp³-hybridized carbons (Fsp3) is 0.211. The van der Waals surface area contributed by atoms with E-state index in [2.05, 4.69) is 29.7 Å². The molecule has 0 aliphatic heterocycles. The van der Waals surface area contributed by atoms with Gasteiger partial charge in [0.1, 0.15) is 5.75 Å². The Labute approximate surface area is 156 Å². The van der Waals surface area contributed by atoms with Crippen molar-refractivity contribution in [1.29, 1.82) is 0 Å². The summed E-state index contributed by atoms with van der Waals surface area (Å²) in [6.45, 7) is 4.44. The van der Waals surface area contributed by atoms with E-state index in [4.69, 9.17) is 11.6 Å². The Kier molecular flexibility index (Phi) is 6.74. The molecular weight excluding hydrogens is 354 g/mol. The molecule has 0 aliphatic carbocycles. The number of halogens is 1. The normalized spacial score (nSPS) is 10.9. The highest BCUT2D eigenvalue weighted by atomic mass is 35.5. The maximum atomic E-state index is 11.8. The predicted molar refractivity (Wildman–Crippen MR) is 101 cm³/mol. The Morgan fingerprint density at radius 2 is 1.85 bits per heavy atom. The molecule has 2 amide bonds. The minimum Gasteiger partial charge on any atom is -0.507 e. The summed E-state index contributed by atoms with van der Waals surface area (Å²) in [5.41, 5.74) is 4.52. The molecule has 0 fully saturated rings. The van der Waals surface area contributed by atoms with Gasteiger partial charge in [-0.15, -0.1) is 0 Å². The van der Waals surface area contributed by atoms with Crippen LogP contribution in [0.4, 0.5) is 0 Å². The first kappa shape index (κ1) is 19.5. The molecule has 136 valence electrons. The van der Waals surface area contributed by atoms with Crippen LogP contribution in [0.15, 0.2) is 47.6 Å². The van der Waals surface area contributed by atoms with Gasteiger partial charge in [-0.1, -0.05) is 49.7 Å². The summed E-state index contributed by atoms with van der Waals surface area (Å²) in [4.78, 5) is 23.5. The predicted octanol–water partition coefficient (Wildman–Crippen LogP) is 2.94. The van der Waals surface area contributed by atoms with Crippen molar-refractivity contribution in [2.24, 2.45) is 5.10 Å². The van der Waals surface area contributed by atoms with E-state index >= 15 is 0 Å². The van der Waals surface area contributed by atoms with Gasteiger partial charge in [-0.2, -0.15) is 5.10 Å². The second-order valence-electron chi connectivity index (χ2n) is 5.98. The van der Waals surface area contributed by atoms with Crippen molar-refractivity contribution in [3.63, 3.8) is 0 Å². The van der Waals surface area contributed by atoms with Crippen molar-refractivity contribution >= 4 is 29.6 Å². The van der Waals surface area contributed by atoms with Crippen LogP contribution >= 0.6 is 11.6 Å². The number of benzene rings is 2. The Morgan fingerprint density at radius 1 is 1.15 bits per heavy atom. The van der Waals surface area contributed by atoms with Crippen LogP contribution in [-0.2, 0) is 16.1 Å². The van der Waals surface area contributed by atoms with E-state index in [0.29, 0.717) is 16.5 Å². The molecule has 2 aromatic carbocycles. The Balaban J connectivity index is 1.84. The zero-order chi connectivity index (χ0) is 19.1. The van der Waals surface area contributed by atoms with Gasteiger partial charge in [0.2, 0.25) is 0 Å². The van der Waals surface area contributed by atoms with Crippen molar-refractivity contribution in [2.75, 3.05) is 0 Å². The van der Waals surface area contributed by atoms with Crippen LogP contribution in [0.2, 0.25) is 5.02 Å². The Morgan fingerprint density at radius 3 is 2.50 bits per heavy atom. The van der Waals surface area contributed by atoms with Crippen molar-refractivity contribution in [3.8, 4) is 5.75 Å². The van der Waals surface area contributed by atoms with Gasteiger partial charge in [0.25, 0.3) is 0 Å². The van der Waals surface area contributed by atoms with Crippen LogP contribution in [0.3, 0.4) is 0 Å². The highest BCUT2D eigenvalue weighted by Crippen LogP contribution is 2.19. The number of rotatable bonds is 5. The van der Waals surface area contributed by atoms with E-state index < -0.39 is 11.8 Å². The summed E-state index contributed by atoms with van der Waals surface area (Å²) < 4.78 is 0. The molecule has 0 radical (unpaired) electrons. The monoisotopic (exact) mass is 373 g/mol. The van der Waals surface area contributed by atoms with Crippen molar-refractivity contribution in [3.05, 3.63) is 64.2 Å². The lowest BCUT2D eigenvalue weighted by Gasteiger charge is -2.07.